The Hall–Kier alpha value is -0.750. The van der Waals surface area contributed by atoms with E-state index >= 15 is 0 Å². The van der Waals surface area contributed by atoms with Crippen LogP contribution in [0.2, 0.25) is 0 Å². The minimum absolute atomic E-state index is 0.00458. The van der Waals surface area contributed by atoms with Gasteiger partial charge in [-0.25, -0.2) is 4.39 Å². The van der Waals surface area contributed by atoms with E-state index in [0.29, 0.717) is 6.42 Å². The molecule has 2 aromatic rings. The zero-order valence-electron chi connectivity index (χ0n) is 9.91. The number of nitrogens with two attached hydrogens (primary N) is 1. The van der Waals surface area contributed by atoms with Crippen molar-refractivity contribution in [1.82, 2.24) is 5.43 Å². The van der Waals surface area contributed by atoms with Gasteiger partial charge >= 0.3 is 0 Å². The van der Waals surface area contributed by atoms with Crippen molar-refractivity contribution in [3.8, 4) is 0 Å². The Morgan fingerprint density at radius 2 is 2.17 bits per heavy atom. The van der Waals surface area contributed by atoms with Crippen LogP contribution in [-0.4, -0.2) is 0 Å². The van der Waals surface area contributed by atoms with Crippen molar-refractivity contribution in [3.63, 3.8) is 0 Å². The second kappa shape index (κ2) is 5.93. The van der Waals surface area contributed by atoms with Gasteiger partial charge in [0.2, 0.25) is 0 Å². The van der Waals surface area contributed by atoms with Crippen LogP contribution in [0.3, 0.4) is 0 Å². The molecular weight excluding hydrogens is 315 g/mol. The van der Waals surface area contributed by atoms with E-state index in [1.54, 1.807) is 11.3 Å². The van der Waals surface area contributed by atoms with Gasteiger partial charge < -0.3 is 0 Å². The normalized spacial score (nSPS) is 12.7. The highest BCUT2D eigenvalue weighted by atomic mass is 79.9. The highest BCUT2D eigenvalue weighted by Crippen LogP contribution is 2.25. The molecule has 0 aliphatic carbocycles. The maximum absolute atomic E-state index is 13.3. The minimum Gasteiger partial charge on any atom is -0.271 e. The topological polar surface area (TPSA) is 38.0 Å². The number of aryl methyl sites for hydroxylation is 1. The largest absolute Gasteiger partial charge is 0.271 e. The second-order valence-electron chi connectivity index (χ2n) is 4.21. The number of benzene rings is 1. The second-order valence-corrected chi connectivity index (χ2v) is 5.87. The molecule has 0 aliphatic rings. The Labute approximate surface area is 118 Å². The van der Waals surface area contributed by atoms with Crippen molar-refractivity contribution < 1.29 is 4.39 Å². The van der Waals surface area contributed by atoms with Crippen molar-refractivity contribution in [1.29, 1.82) is 0 Å². The molecule has 0 fully saturated rings. The van der Waals surface area contributed by atoms with E-state index < -0.39 is 0 Å². The standard InChI is InChI=1S/C13H14BrFN2S/c1-8-6-18-7-12(8)13(17-16)4-9-2-10(14)5-11(15)3-9/h2-3,5-7,13,17H,4,16H2,1H3. The molecule has 1 aromatic heterocycles. The van der Waals surface area contributed by atoms with Crippen molar-refractivity contribution in [2.45, 2.75) is 19.4 Å². The molecule has 18 heavy (non-hydrogen) atoms. The lowest BCUT2D eigenvalue weighted by molar-refractivity contribution is 0.547. The Bertz CT molecular complexity index is 521. The summed E-state index contributed by atoms with van der Waals surface area (Å²) in [6.45, 7) is 2.05. The van der Waals surface area contributed by atoms with Crippen LogP contribution in [0.25, 0.3) is 0 Å². The van der Waals surface area contributed by atoms with Gasteiger partial charge in [0.15, 0.2) is 0 Å². The zero-order valence-corrected chi connectivity index (χ0v) is 12.3. The van der Waals surface area contributed by atoms with Crippen molar-refractivity contribution in [2.75, 3.05) is 0 Å². The molecule has 1 atom stereocenters. The summed E-state index contributed by atoms with van der Waals surface area (Å²) < 4.78 is 14.1. The third kappa shape index (κ3) is 3.17. The zero-order chi connectivity index (χ0) is 13.1. The summed E-state index contributed by atoms with van der Waals surface area (Å²) >= 11 is 4.95. The molecule has 0 amide bonds. The molecule has 1 heterocycles. The number of hydrogen-bond donors (Lipinski definition) is 2. The predicted molar refractivity (Wildman–Crippen MR) is 76.9 cm³/mol. The molecule has 0 spiro atoms. The molecule has 1 aromatic carbocycles. The molecule has 5 heteroatoms. The van der Waals surface area contributed by atoms with E-state index in [1.807, 2.05) is 6.07 Å². The van der Waals surface area contributed by atoms with Crippen LogP contribution in [0, 0.1) is 12.7 Å². The average molecular weight is 329 g/mol. The van der Waals surface area contributed by atoms with Crippen molar-refractivity contribution in [3.05, 3.63) is 55.9 Å². The maximum Gasteiger partial charge on any atom is 0.124 e. The molecule has 0 radical (unpaired) electrons. The first-order chi connectivity index (χ1) is 8.60. The first-order valence-electron chi connectivity index (χ1n) is 5.54. The van der Waals surface area contributed by atoms with Gasteiger partial charge in [-0.15, -0.1) is 0 Å². The Kier molecular flexibility index (Phi) is 4.50. The molecular formula is C13H14BrFN2S. The van der Waals surface area contributed by atoms with Gasteiger partial charge in [-0.3, -0.25) is 11.3 Å². The SMILES string of the molecule is Cc1cscc1C(Cc1cc(F)cc(Br)c1)NN. The molecule has 0 saturated carbocycles. The molecule has 2 rings (SSSR count). The fourth-order valence-corrected chi connectivity index (χ4v) is 3.37. The summed E-state index contributed by atoms with van der Waals surface area (Å²) in [5.74, 6) is 5.37. The lowest BCUT2D eigenvalue weighted by atomic mass is 9.99. The number of hydrazine groups is 1. The van der Waals surface area contributed by atoms with Gasteiger partial charge in [-0.2, -0.15) is 11.3 Å². The summed E-state index contributed by atoms with van der Waals surface area (Å²) in [5, 5.41) is 4.16. The fraction of sp³-hybridized carbons (Fsp3) is 0.231. The van der Waals surface area contributed by atoms with Gasteiger partial charge in [-0.1, -0.05) is 15.9 Å². The first-order valence-corrected chi connectivity index (χ1v) is 7.27. The third-order valence-corrected chi connectivity index (χ3v) is 4.17. The Morgan fingerprint density at radius 1 is 1.39 bits per heavy atom. The molecule has 0 bridgehead atoms. The Balaban J connectivity index is 2.23. The lowest BCUT2D eigenvalue weighted by Gasteiger charge is -2.16. The molecule has 2 nitrogen and oxygen atoms in total. The fourth-order valence-electron chi connectivity index (χ4n) is 1.95. The van der Waals surface area contributed by atoms with Crippen LogP contribution in [-0.2, 0) is 6.42 Å². The molecule has 3 N–H and O–H groups in total. The lowest BCUT2D eigenvalue weighted by Crippen LogP contribution is -2.29. The molecule has 0 saturated heterocycles. The van der Waals surface area contributed by atoms with Gasteiger partial charge in [0.1, 0.15) is 5.82 Å². The van der Waals surface area contributed by atoms with E-state index in [9.17, 15) is 4.39 Å². The summed E-state index contributed by atoms with van der Waals surface area (Å²) in [7, 11) is 0. The highest BCUT2D eigenvalue weighted by Gasteiger charge is 2.14. The van der Waals surface area contributed by atoms with Gasteiger partial charge in [-0.05, 0) is 59.0 Å². The van der Waals surface area contributed by atoms with Crippen LogP contribution in [0.1, 0.15) is 22.7 Å². The predicted octanol–water partition coefficient (Wildman–Crippen LogP) is 3.71. The number of halogens is 2. The van der Waals surface area contributed by atoms with Crippen LogP contribution in [0.4, 0.5) is 4.39 Å². The van der Waals surface area contributed by atoms with Gasteiger partial charge in [0.25, 0.3) is 0 Å². The van der Waals surface area contributed by atoms with Crippen LogP contribution in [0.5, 0.6) is 0 Å². The van der Waals surface area contributed by atoms with Crippen LogP contribution >= 0.6 is 27.3 Å². The third-order valence-electron chi connectivity index (χ3n) is 2.83. The monoisotopic (exact) mass is 328 g/mol. The van der Waals surface area contributed by atoms with Gasteiger partial charge in [0, 0.05) is 4.47 Å². The summed E-state index contributed by atoms with van der Waals surface area (Å²) in [4.78, 5) is 0. The summed E-state index contributed by atoms with van der Waals surface area (Å²) in [6.07, 6.45) is 0.657. The summed E-state index contributed by atoms with van der Waals surface area (Å²) in [5.41, 5.74) is 6.09. The van der Waals surface area contributed by atoms with Crippen LogP contribution < -0.4 is 11.3 Å². The number of hydrogen-bond acceptors (Lipinski definition) is 3. The van der Waals surface area contributed by atoms with E-state index in [0.717, 1.165) is 10.0 Å². The number of thiophene rings is 1. The number of nitrogens with one attached hydrogen (secondary N) is 1. The Morgan fingerprint density at radius 3 is 2.72 bits per heavy atom. The first kappa shape index (κ1) is 13.7. The molecule has 0 aliphatic heterocycles. The minimum atomic E-state index is -0.239. The molecule has 1 unspecified atom stereocenters. The van der Waals surface area contributed by atoms with Crippen molar-refractivity contribution >= 4 is 27.3 Å². The quantitative estimate of drug-likeness (QED) is 0.663. The highest BCUT2D eigenvalue weighted by molar-refractivity contribution is 9.10. The average Bonchev–Trinajstić information content (AvgIpc) is 2.71. The van der Waals surface area contributed by atoms with Crippen molar-refractivity contribution in [2.24, 2.45) is 5.84 Å². The number of rotatable bonds is 4. The van der Waals surface area contributed by atoms with E-state index in [2.05, 4.69) is 39.0 Å². The maximum atomic E-state index is 13.3. The summed E-state index contributed by atoms with van der Waals surface area (Å²) in [6, 6.07) is 4.90. The van der Waals surface area contributed by atoms with Crippen LogP contribution in [0.15, 0.2) is 33.4 Å². The van der Waals surface area contributed by atoms with E-state index in [-0.39, 0.29) is 11.9 Å². The van der Waals surface area contributed by atoms with E-state index in [1.165, 1.54) is 23.3 Å². The smallest absolute Gasteiger partial charge is 0.124 e. The molecule has 96 valence electrons. The van der Waals surface area contributed by atoms with E-state index in [4.69, 9.17) is 5.84 Å². The van der Waals surface area contributed by atoms with Gasteiger partial charge in [0.05, 0.1) is 6.04 Å².